The molecule has 1 nitrogen and oxygen atoms in total. The molecule has 3 aromatic rings. The molecule has 0 fully saturated rings. The SMILES string of the molecule is Cc1ccc2sc(-c3ccccc3)nc2c1C. The fourth-order valence-corrected chi connectivity index (χ4v) is 2.96. The summed E-state index contributed by atoms with van der Waals surface area (Å²) in [6, 6.07) is 14.7. The van der Waals surface area contributed by atoms with E-state index in [-0.39, 0.29) is 0 Å². The van der Waals surface area contributed by atoms with Gasteiger partial charge in [-0.05, 0) is 31.0 Å². The summed E-state index contributed by atoms with van der Waals surface area (Å²) in [5, 5.41) is 1.11. The van der Waals surface area contributed by atoms with Crippen LogP contribution in [0.5, 0.6) is 0 Å². The van der Waals surface area contributed by atoms with Gasteiger partial charge in [0.05, 0.1) is 10.2 Å². The van der Waals surface area contributed by atoms with Crippen molar-refractivity contribution in [1.82, 2.24) is 4.98 Å². The Labute approximate surface area is 105 Å². The Hall–Kier alpha value is -1.67. The fraction of sp³-hybridized carbons (Fsp3) is 0.133. The highest BCUT2D eigenvalue weighted by molar-refractivity contribution is 7.21. The first kappa shape index (κ1) is 10.5. The Balaban J connectivity index is 2.24. The molecular formula is C15H13NS. The van der Waals surface area contributed by atoms with E-state index in [4.69, 9.17) is 4.98 Å². The topological polar surface area (TPSA) is 12.9 Å². The van der Waals surface area contributed by atoms with E-state index < -0.39 is 0 Å². The second-order valence-corrected chi connectivity index (χ2v) is 5.27. The number of aromatic nitrogens is 1. The van der Waals surface area contributed by atoms with Crippen LogP contribution in [0.4, 0.5) is 0 Å². The highest BCUT2D eigenvalue weighted by Gasteiger charge is 2.08. The highest BCUT2D eigenvalue weighted by atomic mass is 32.1. The van der Waals surface area contributed by atoms with Crippen molar-refractivity contribution in [2.75, 3.05) is 0 Å². The number of benzene rings is 2. The van der Waals surface area contributed by atoms with Gasteiger partial charge in [0.15, 0.2) is 0 Å². The van der Waals surface area contributed by atoms with Gasteiger partial charge in [0.2, 0.25) is 0 Å². The molecule has 0 amide bonds. The Kier molecular flexibility index (Phi) is 2.45. The molecule has 1 aromatic heterocycles. The molecule has 0 aliphatic heterocycles. The standard InChI is InChI=1S/C15H13NS/c1-10-8-9-13-14(11(10)2)16-15(17-13)12-6-4-3-5-7-12/h3-9H,1-2H3. The van der Waals surface area contributed by atoms with Gasteiger partial charge < -0.3 is 0 Å². The lowest BCUT2D eigenvalue weighted by Gasteiger charge is -1.98. The van der Waals surface area contributed by atoms with E-state index in [2.05, 4.69) is 50.2 Å². The molecule has 0 radical (unpaired) electrons. The summed E-state index contributed by atoms with van der Waals surface area (Å²) in [6.07, 6.45) is 0. The van der Waals surface area contributed by atoms with Crippen LogP contribution in [-0.2, 0) is 0 Å². The zero-order chi connectivity index (χ0) is 11.8. The van der Waals surface area contributed by atoms with Gasteiger partial charge in [-0.1, -0.05) is 36.4 Å². The Morgan fingerprint density at radius 1 is 0.941 bits per heavy atom. The molecule has 3 rings (SSSR count). The normalized spacial score (nSPS) is 10.9. The van der Waals surface area contributed by atoms with Crippen molar-refractivity contribution in [2.24, 2.45) is 0 Å². The summed E-state index contributed by atoms with van der Waals surface area (Å²) in [5.74, 6) is 0. The number of nitrogens with zero attached hydrogens (tertiary/aromatic N) is 1. The first-order valence-corrected chi connectivity index (χ1v) is 6.49. The third-order valence-corrected chi connectivity index (χ3v) is 4.18. The summed E-state index contributed by atoms with van der Waals surface area (Å²) in [6.45, 7) is 4.28. The van der Waals surface area contributed by atoms with Crippen LogP contribution in [0.1, 0.15) is 11.1 Å². The quantitative estimate of drug-likeness (QED) is 0.605. The molecule has 0 N–H and O–H groups in total. The summed E-state index contributed by atoms with van der Waals surface area (Å²) in [5.41, 5.74) is 4.95. The Morgan fingerprint density at radius 3 is 2.47 bits per heavy atom. The lowest BCUT2D eigenvalue weighted by Crippen LogP contribution is -1.82. The van der Waals surface area contributed by atoms with Crippen LogP contribution in [0.25, 0.3) is 20.8 Å². The zero-order valence-electron chi connectivity index (χ0n) is 9.90. The molecule has 0 aliphatic rings. The molecule has 0 bridgehead atoms. The molecule has 2 heteroatoms. The van der Waals surface area contributed by atoms with Crippen LogP contribution in [-0.4, -0.2) is 4.98 Å². The van der Waals surface area contributed by atoms with Crippen LogP contribution in [0.3, 0.4) is 0 Å². The van der Waals surface area contributed by atoms with E-state index >= 15 is 0 Å². The van der Waals surface area contributed by atoms with Crippen molar-refractivity contribution < 1.29 is 0 Å². The fourth-order valence-electron chi connectivity index (χ4n) is 1.93. The summed E-state index contributed by atoms with van der Waals surface area (Å²) < 4.78 is 1.27. The monoisotopic (exact) mass is 239 g/mol. The molecule has 0 spiro atoms. The maximum Gasteiger partial charge on any atom is 0.124 e. The predicted octanol–water partition coefficient (Wildman–Crippen LogP) is 4.58. The van der Waals surface area contributed by atoms with Gasteiger partial charge in [0, 0.05) is 5.56 Å². The largest absolute Gasteiger partial charge is 0.236 e. The van der Waals surface area contributed by atoms with Crippen LogP contribution in [0.15, 0.2) is 42.5 Å². The number of rotatable bonds is 1. The van der Waals surface area contributed by atoms with Crippen molar-refractivity contribution in [3.63, 3.8) is 0 Å². The molecular weight excluding hydrogens is 226 g/mol. The lowest BCUT2D eigenvalue weighted by atomic mass is 10.1. The molecule has 0 atom stereocenters. The Morgan fingerprint density at radius 2 is 1.71 bits per heavy atom. The molecule has 17 heavy (non-hydrogen) atoms. The average molecular weight is 239 g/mol. The second kappa shape index (κ2) is 3.97. The average Bonchev–Trinajstić information content (AvgIpc) is 2.80. The van der Waals surface area contributed by atoms with Gasteiger partial charge >= 0.3 is 0 Å². The molecule has 0 unspecified atom stereocenters. The van der Waals surface area contributed by atoms with E-state index in [1.54, 1.807) is 11.3 Å². The summed E-state index contributed by atoms with van der Waals surface area (Å²) >= 11 is 1.76. The van der Waals surface area contributed by atoms with E-state index in [9.17, 15) is 0 Å². The molecule has 0 aliphatic carbocycles. The van der Waals surface area contributed by atoms with Crippen LogP contribution >= 0.6 is 11.3 Å². The highest BCUT2D eigenvalue weighted by Crippen LogP contribution is 2.32. The molecule has 0 saturated carbocycles. The van der Waals surface area contributed by atoms with E-state index in [0.29, 0.717) is 0 Å². The zero-order valence-corrected chi connectivity index (χ0v) is 10.7. The third kappa shape index (κ3) is 1.75. The Bertz CT molecular complexity index is 668. The number of hydrogen-bond acceptors (Lipinski definition) is 2. The minimum absolute atomic E-state index is 1.11. The predicted molar refractivity (Wildman–Crippen MR) is 74.5 cm³/mol. The molecule has 2 aromatic carbocycles. The number of hydrogen-bond donors (Lipinski definition) is 0. The van der Waals surface area contributed by atoms with E-state index in [1.807, 2.05) is 6.07 Å². The van der Waals surface area contributed by atoms with Crippen molar-refractivity contribution >= 4 is 21.6 Å². The summed E-state index contributed by atoms with van der Waals surface area (Å²) in [4.78, 5) is 4.76. The number of aryl methyl sites for hydroxylation is 2. The minimum atomic E-state index is 1.11. The first-order valence-electron chi connectivity index (χ1n) is 5.68. The molecule has 0 saturated heterocycles. The maximum absolute atomic E-state index is 4.76. The number of fused-ring (bicyclic) bond motifs is 1. The maximum atomic E-state index is 4.76. The second-order valence-electron chi connectivity index (χ2n) is 4.24. The van der Waals surface area contributed by atoms with Crippen molar-refractivity contribution in [3.8, 4) is 10.6 Å². The van der Waals surface area contributed by atoms with Gasteiger partial charge in [-0.3, -0.25) is 0 Å². The summed E-state index contributed by atoms with van der Waals surface area (Å²) in [7, 11) is 0. The van der Waals surface area contributed by atoms with Gasteiger partial charge in [0.1, 0.15) is 5.01 Å². The van der Waals surface area contributed by atoms with Crippen molar-refractivity contribution in [1.29, 1.82) is 0 Å². The van der Waals surface area contributed by atoms with Crippen molar-refractivity contribution in [2.45, 2.75) is 13.8 Å². The van der Waals surface area contributed by atoms with Crippen LogP contribution in [0, 0.1) is 13.8 Å². The van der Waals surface area contributed by atoms with Gasteiger partial charge in [-0.2, -0.15) is 0 Å². The molecule has 1 heterocycles. The molecule has 84 valence electrons. The third-order valence-electron chi connectivity index (χ3n) is 3.11. The number of thiazole rings is 1. The van der Waals surface area contributed by atoms with E-state index in [0.717, 1.165) is 10.5 Å². The van der Waals surface area contributed by atoms with Gasteiger partial charge in [0.25, 0.3) is 0 Å². The van der Waals surface area contributed by atoms with Crippen LogP contribution < -0.4 is 0 Å². The van der Waals surface area contributed by atoms with E-state index in [1.165, 1.54) is 21.4 Å². The van der Waals surface area contributed by atoms with Gasteiger partial charge in [-0.15, -0.1) is 11.3 Å². The smallest absolute Gasteiger partial charge is 0.124 e. The first-order chi connectivity index (χ1) is 8.25. The van der Waals surface area contributed by atoms with Gasteiger partial charge in [-0.25, -0.2) is 4.98 Å². The minimum Gasteiger partial charge on any atom is -0.236 e. The van der Waals surface area contributed by atoms with Crippen LogP contribution in [0.2, 0.25) is 0 Å². The lowest BCUT2D eigenvalue weighted by molar-refractivity contribution is 1.34. The van der Waals surface area contributed by atoms with Crippen molar-refractivity contribution in [3.05, 3.63) is 53.6 Å².